The maximum atomic E-state index is 5.12. The van der Waals surface area contributed by atoms with Gasteiger partial charge in [-0.1, -0.05) is 121 Å². The molecular formula is C41H26N2S. The van der Waals surface area contributed by atoms with Crippen LogP contribution in [-0.4, -0.2) is 4.98 Å². The van der Waals surface area contributed by atoms with Crippen LogP contribution < -0.4 is 4.90 Å². The third kappa shape index (κ3) is 3.90. The lowest BCUT2D eigenvalue weighted by Gasteiger charge is -2.27. The van der Waals surface area contributed by atoms with E-state index in [-0.39, 0.29) is 0 Å². The fourth-order valence-electron chi connectivity index (χ4n) is 6.64. The number of benzene rings is 7. The van der Waals surface area contributed by atoms with E-state index < -0.39 is 0 Å². The van der Waals surface area contributed by atoms with Gasteiger partial charge in [-0.3, -0.25) is 4.90 Å². The Labute approximate surface area is 259 Å². The maximum absolute atomic E-state index is 5.12. The van der Waals surface area contributed by atoms with Crippen molar-refractivity contribution >= 4 is 81.0 Å². The van der Waals surface area contributed by atoms with E-state index in [2.05, 4.69) is 157 Å². The average Bonchev–Trinajstić information content (AvgIpc) is 3.48. The SMILES string of the molecule is c1ccc(-c2ccc(N(c3cc4ccccc4c4c3ccc3ccccc34)c3nccc4c3sc3ccccc34)cc2)cc1. The number of nitrogens with zero attached hydrogens (tertiary/aromatic N) is 2. The van der Waals surface area contributed by atoms with Crippen LogP contribution >= 0.6 is 11.3 Å². The minimum Gasteiger partial charge on any atom is -0.293 e. The summed E-state index contributed by atoms with van der Waals surface area (Å²) in [5, 5.41) is 9.94. The van der Waals surface area contributed by atoms with Crippen LogP contribution in [-0.2, 0) is 0 Å². The first kappa shape index (κ1) is 25.0. The first-order valence-corrected chi connectivity index (χ1v) is 15.7. The minimum atomic E-state index is 0.945. The highest BCUT2D eigenvalue weighted by Gasteiger charge is 2.22. The molecule has 0 bridgehead atoms. The van der Waals surface area contributed by atoms with Crippen molar-refractivity contribution in [3.63, 3.8) is 0 Å². The summed E-state index contributed by atoms with van der Waals surface area (Å²) in [7, 11) is 0. The fourth-order valence-corrected chi connectivity index (χ4v) is 7.82. The zero-order valence-corrected chi connectivity index (χ0v) is 24.6. The monoisotopic (exact) mass is 578 g/mol. The Morgan fingerprint density at radius 1 is 0.477 bits per heavy atom. The normalized spacial score (nSPS) is 11.6. The van der Waals surface area contributed by atoms with Crippen LogP contribution in [0.5, 0.6) is 0 Å². The van der Waals surface area contributed by atoms with Crippen LogP contribution in [0.2, 0.25) is 0 Å². The summed E-state index contributed by atoms with van der Waals surface area (Å²) >= 11 is 1.81. The molecule has 0 N–H and O–H groups in total. The van der Waals surface area contributed by atoms with E-state index in [1.165, 1.54) is 63.6 Å². The van der Waals surface area contributed by atoms with E-state index in [0.29, 0.717) is 0 Å². The van der Waals surface area contributed by atoms with Crippen molar-refractivity contribution in [2.45, 2.75) is 0 Å². The molecule has 0 spiro atoms. The standard InChI is InChI=1S/C41H26N2S/c1-2-10-27(11-3-1)28-18-21-31(22-19-28)43(41-40-35(24-25-42-41)34-16-8-9-17-38(34)44-40)37-26-30-13-5-7-15-33(30)39-32-14-6-4-12-29(32)20-23-36(37)39/h1-26H. The Morgan fingerprint density at radius 3 is 1.95 bits per heavy atom. The number of anilines is 3. The second-order valence-corrected chi connectivity index (χ2v) is 12.2. The highest BCUT2D eigenvalue weighted by atomic mass is 32.1. The van der Waals surface area contributed by atoms with Crippen LogP contribution in [0.1, 0.15) is 0 Å². The second-order valence-electron chi connectivity index (χ2n) is 11.2. The summed E-state index contributed by atoms with van der Waals surface area (Å²) in [4.78, 5) is 7.49. The van der Waals surface area contributed by atoms with Gasteiger partial charge in [0.1, 0.15) is 0 Å². The summed E-state index contributed by atoms with van der Waals surface area (Å²) in [6.45, 7) is 0. The Morgan fingerprint density at radius 2 is 1.14 bits per heavy atom. The van der Waals surface area contributed by atoms with Crippen molar-refractivity contribution < 1.29 is 0 Å². The first-order valence-electron chi connectivity index (χ1n) is 14.9. The highest BCUT2D eigenvalue weighted by molar-refractivity contribution is 7.26. The first-order chi connectivity index (χ1) is 21.8. The molecule has 206 valence electrons. The summed E-state index contributed by atoms with van der Waals surface area (Å²) in [6, 6.07) is 54.6. The van der Waals surface area contributed by atoms with Crippen molar-refractivity contribution in [2.24, 2.45) is 0 Å². The number of rotatable bonds is 4. The van der Waals surface area contributed by atoms with Crippen LogP contribution in [0.4, 0.5) is 17.2 Å². The average molecular weight is 579 g/mol. The lowest BCUT2D eigenvalue weighted by Crippen LogP contribution is -2.12. The van der Waals surface area contributed by atoms with Crippen LogP contribution in [0, 0.1) is 0 Å². The fraction of sp³-hybridized carbons (Fsp3) is 0. The molecule has 0 saturated carbocycles. The molecule has 0 unspecified atom stereocenters. The van der Waals surface area contributed by atoms with Gasteiger partial charge < -0.3 is 0 Å². The van der Waals surface area contributed by atoms with E-state index in [1.54, 1.807) is 0 Å². The Kier molecular flexibility index (Phi) is 5.71. The van der Waals surface area contributed by atoms with Gasteiger partial charge in [0.15, 0.2) is 5.82 Å². The lowest BCUT2D eigenvalue weighted by atomic mass is 9.94. The summed E-state index contributed by atoms with van der Waals surface area (Å²) < 4.78 is 2.45. The third-order valence-electron chi connectivity index (χ3n) is 8.69. The van der Waals surface area contributed by atoms with Gasteiger partial charge in [0.05, 0.1) is 10.4 Å². The Balaban J connectivity index is 1.38. The molecule has 0 radical (unpaired) electrons. The quantitative estimate of drug-likeness (QED) is 0.193. The number of pyridine rings is 1. The van der Waals surface area contributed by atoms with Crippen LogP contribution in [0.15, 0.2) is 158 Å². The number of thiophene rings is 1. The van der Waals surface area contributed by atoms with Crippen molar-refractivity contribution in [2.75, 3.05) is 4.90 Å². The molecule has 0 aliphatic carbocycles. The van der Waals surface area contributed by atoms with Gasteiger partial charge in [-0.05, 0) is 68.4 Å². The van der Waals surface area contributed by atoms with E-state index in [9.17, 15) is 0 Å². The van der Waals surface area contributed by atoms with Crippen LogP contribution in [0.3, 0.4) is 0 Å². The summed E-state index contributed by atoms with van der Waals surface area (Å²) in [5.74, 6) is 0.945. The van der Waals surface area contributed by atoms with Gasteiger partial charge in [0.2, 0.25) is 0 Å². The van der Waals surface area contributed by atoms with Crippen molar-refractivity contribution in [3.8, 4) is 11.1 Å². The molecule has 3 heteroatoms. The molecule has 2 aromatic heterocycles. The van der Waals surface area contributed by atoms with Gasteiger partial charge in [0.25, 0.3) is 0 Å². The number of hydrogen-bond donors (Lipinski definition) is 0. The molecule has 2 heterocycles. The maximum Gasteiger partial charge on any atom is 0.155 e. The Hall–Kier alpha value is -5.51. The summed E-state index contributed by atoms with van der Waals surface area (Å²) in [5.41, 5.74) is 4.59. The molecule has 0 fully saturated rings. The summed E-state index contributed by atoms with van der Waals surface area (Å²) in [6.07, 6.45) is 1.96. The van der Waals surface area contributed by atoms with E-state index in [4.69, 9.17) is 4.98 Å². The Bertz CT molecular complexity index is 2480. The molecule has 0 aliphatic heterocycles. The number of aromatic nitrogens is 1. The molecule has 9 aromatic rings. The smallest absolute Gasteiger partial charge is 0.155 e. The topological polar surface area (TPSA) is 16.1 Å². The van der Waals surface area contributed by atoms with E-state index in [0.717, 1.165) is 17.2 Å². The molecule has 44 heavy (non-hydrogen) atoms. The van der Waals surface area contributed by atoms with Crippen molar-refractivity contribution in [3.05, 3.63) is 158 Å². The molecule has 0 amide bonds. The zero-order chi connectivity index (χ0) is 29.0. The van der Waals surface area contributed by atoms with Gasteiger partial charge in [-0.15, -0.1) is 11.3 Å². The van der Waals surface area contributed by atoms with E-state index >= 15 is 0 Å². The lowest BCUT2D eigenvalue weighted by molar-refractivity contribution is 1.21. The predicted molar refractivity (Wildman–Crippen MR) is 190 cm³/mol. The molecule has 0 aliphatic rings. The van der Waals surface area contributed by atoms with Gasteiger partial charge in [-0.2, -0.15) is 0 Å². The van der Waals surface area contributed by atoms with Crippen LogP contribution in [0.25, 0.3) is 63.6 Å². The number of fused-ring (bicyclic) bond motifs is 8. The van der Waals surface area contributed by atoms with Gasteiger partial charge >= 0.3 is 0 Å². The third-order valence-corrected chi connectivity index (χ3v) is 9.87. The minimum absolute atomic E-state index is 0.945. The number of hydrogen-bond acceptors (Lipinski definition) is 3. The molecular weight excluding hydrogens is 553 g/mol. The molecule has 9 rings (SSSR count). The van der Waals surface area contributed by atoms with E-state index in [1.807, 2.05) is 17.5 Å². The highest BCUT2D eigenvalue weighted by Crippen LogP contribution is 2.47. The second kappa shape index (κ2) is 10.0. The molecule has 7 aromatic carbocycles. The largest absolute Gasteiger partial charge is 0.293 e. The zero-order valence-electron chi connectivity index (χ0n) is 23.8. The van der Waals surface area contributed by atoms with Crippen molar-refractivity contribution in [1.29, 1.82) is 0 Å². The molecule has 0 saturated heterocycles. The predicted octanol–water partition coefficient (Wildman–Crippen LogP) is 12.0. The van der Waals surface area contributed by atoms with Gasteiger partial charge in [0, 0.05) is 32.7 Å². The van der Waals surface area contributed by atoms with Crippen molar-refractivity contribution in [1.82, 2.24) is 4.98 Å². The molecule has 2 nitrogen and oxygen atoms in total. The van der Waals surface area contributed by atoms with Gasteiger partial charge in [-0.25, -0.2) is 4.98 Å². The molecule has 0 atom stereocenters.